The summed E-state index contributed by atoms with van der Waals surface area (Å²) in [5, 5.41) is 18.6. The molecule has 1 saturated carbocycles. The van der Waals surface area contributed by atoms with Crippen molar-refractivity contribution in [1.82, 2.24) is 34.9 Å². The molecule has 1 fully saturated rings. The van der Waals surface area contributed by atoms with Crippen LogP contribution in [0.1, 0.15) is 29.8 Å². The number of fused-ring (bicyclic) bond motifs is 2. The van der Waals surface area contributed by atoms with Gasteiger partial charge in [-0.05, 0) is 94.7 Å². The van der Waals surface area contributed by atoms with Crippen molar-refractivity contribution in [3.8, 4) is 39.7 Å². The average Bonchev–Trinajstić information content (AvgIpc) is 4.13. The second kappa shape index (κ2) is 17.1. The standard InChI is InChI=1S/C29H22N6.C20H15ClN4/c30-19-29(12-13-29)22-15-21(16-31-17-22)27-34-25-11-6-10-24(20-7-2-1-3-8-20)26(25)28(35-27)33-18-23-9-4-5-14-32-23;21-20-24-17-11-6-10-16(14-7-2-1-3-8-14)18(17)19(25-20)23-13-15-9-4-5-12-22-15/h1-11,14-17H,12-13,18H2,(H,33,34,35);1-12H,13H2,(H,23,24,25). The second-order valence-corrected chi connectivity index (χ2v) is 14.7. The maximum atomic E-state index is 9.65. The summed E-state index contributed by atoms with van der Waals surface area (Å²) in [6, 6.07) is 48.7. The molecule has 0 saturated heterocycles. The molecule has 10 nitrogen and oxygen atoms in total. The lowest BCUT2D eigenvalue weighted by molar-refractivity contribution is 0.897. The minimum atomic E-state index is -0.416. The van der Waals surface area contributed by atoms with E-state index in [1.165, 1.54) is 0 Å². The zero-order chi connectivity index (χ0) is 40.7. The monoisotopic (exact) mass is 800 g/mol. The smallest absolute Gasteiger partial charge is 0.224 e. The quantitative estimate of drug-likeness (QED) is 0.129. The molecule has 9 aromatic rings. The van der Waals surface area contributed by atoms with Crippen LogP contribution in [0.3, 0.4) is 0 Å². The van der Waals surface area contributed by atoms with Crippen LogP contribution in [0.15, 0.2) is 164 Å². The van der Waals surface area contributed by atoms with E-state index in [-0.39, 0.29) is 5.28 Å². The van der Waals surface area contributed by atoms with Gasteiger partial charge in [0.1, 0.15) is 11.6 Å². The Morgan fingerprint density at radius 2 is 1.12 bits per heavy atom. The predicted octanol–water partition coefficient (Wildman–Crippen LogP) is 10.9. The number of halogens is 1. The molecule has 290 valence electrons. The Morgan fingerprint density at radius 1 is 0.567 bits per heavy atom. The zero-order valence-electron chi connectivity index (χ0n) is 32.4. The van der Waals surface area contributed by atoms with Gasteiger partial charge >= 0.3 is 0 Å². The third kappa shape index (κ3) is 8.21. The highest BCUT2D eigenvalue weighted by Gasteiger charge is 2.45. The predicted molar refractivity (Wildman–Crippen MR) is 238 cm³/mol. The number of nitrogens with one attached hydrogen (secondary N) is 2. The molecule has 0 unspecified atom stereocenters. The fourth-order valence-electron chi connectivity index (χ4n) is 7.21. The van der Waals surface area contributed by atoms with Crippen molar-refractivity contribution < 1.29 is 0 Å². The van der Waals surface area contributed by atoms with Crippen molar-refractivity contribution >= 4 is 45.0 Å². The Kier molecular flexibility index (Phi) is 10.8. The highest BCUT2D eigenvalue weighted by molar-refractivity contribution is 6.29. The normalized spacial score (nSPS) is 12.5. The summed E-state index contributed by atoms with van der Waals surface area (Å²) in [4.78, 5) is 31.9. The molecule has 1 aliphatic carbocycles. The van der Waals surface area contributed by atoms with E-state index in [2.05, 4.69) is 78.0 Å². The molecule has 2 N–H and O–H groups in total. The van der Waals surface area contributed by atoms with E-state index in [1.54, 1.807) is 24.8 Å². The maximum Gasteiger partial charge on any atom is 0.224 e. The summed E-state index contributed by atoms with van der Waals surface area (Å²) >= 11 is 6.13. The van der Waals surface area contributed by atoms with Gasteiger partial charge in [0.05, 0.1) is 57.8 Å². The van der Waals surface area contributed by atoms with E-state index >= 15 is 0 Å². The highest BCUT2D eigenvalue weighted by atomic mass is 35.5. The van der Waals surface area contributed by atoms with Crippen LogP contribution in [0.5, 0.6) is 0 Å². The van der Waals surface area contributed by atoms with Crippen LogP contribution in [0.2, 0.25) is 5.28 Å². The first-order chi connectivity index (χ1) is 29.6. The number of hydrogen-bond donors (Lipinski definition) is 2. The SMILES string of the molecule is Clc1nc(NCc2ccccn2)c2c(-c3ccccc3)cccc2n1.N#CC1(c2cncc(-c3nc(NCc4ccccn4)c4c(-c5ccccc5)cccc4n3)c2)CC1. The van der Waals surface area contributed by atoms with Crippen LogP contribution in [-0.2, 0) is 18.5 Å². The van der Waals surface area contributed by atoms with Crippen LogP contribution >= 0.6 is 11.6 Å². The molecular weight excluding hydrogens is 764 g/mol. The number of nitrogens with zero attached hydrogens (tertiary/aromatic N) is 8. The summed E-state index contributed by atoms with van der Waals surface area (Å²) in [6.07, 6.45) is 8.85. The summed E-state index contributed by atoms with van der Waals surface area (Å²) in [5.41, 5.74) is 9.17. The fraction of sp³-hybridized carbons (Fsp3) is 0.102. The van der Waals surface area contributed by atoms with E-state index in [1.807, 2.05) is 103 Å². The summed E-state index contributed by atoms with van der Waals surface area (Å²) in [6.45, 7) is 1.09. The van der Waals surface area contributed by atoms with Crippen molar-refractivity contribution in [3.63, 3.8) is 0 Å². The zero-order valence-corrected chi connectivity index (χ0v) is 33.1. The van der Waals surface area contributed by atoms with Crippen LogP contribution in [0.25, 0.3) is 55.4 Å². The van der Waals surface area contributed by atoms with Gasteiger partial charge in [-0.25, -0.2) is 19.9 Å². The number of pyridine rings is 3. The first-order valence-corrected chi connectivity index (χ1v) is 20.0. The molecule has 0 radical (unpaired) electrons. The minimum absolute atomic E-state index is 0.223. The third-order valence-electron chi connectivity index (χ3n) is 10.4. The number of rotatable bonds is 10. The van der Waals surface area contributed by atoms with Crippen molar-refractivity contribution in [2.75, 3.05) is 10.6 Å². The number of hydrogen-bond acceptors (Lipinski definition) is 10. The van der Waals surface area contributed by atoms with Gasteiger partial charge in [0.15, 0.2) is 5.82 Å². The molecule has 0 spiro atoms. The van der Waals surface area contributed by atoms with Gasteiger partial charge in [-0.15, -0.1) is 0 Å². The Balaban J connectivity index is 0.000000163. The average molecular weight is 801 g/mol. The van der Waals surface area contributed by atoms with E-state index < -0.39 is 5.41 Å². The fourth-order valence-corrected chi connectivity index (χ4v) is 7.38. The van der Waals surface area contributed by atoms with Crippen LogP contribution < -0.4 is 10.6 Å². The number of anilines is 2. The Hall–Kier alpha value is -7.61. The number of aromatic nitrogens is 7. The summed E-state index contributed by atoms with van der Waals surface area (Å²) in [7, 11) is 0. The lowest BCUT2D eigenvalue weighted by atomic mass is 9.98. The largest absolute Gasteiger partial charge is 0.364 e. The summed E-state index contributed by atoms with van der Waals surface area (Å²) < 4.78 is 0. The third-order valence-corrected chi connectivity index (χ3v) is 10.6. The van der Waals surface area contributed by atoms with Gasteiger partial charge in [0.2, 0.25) is 5.28 Å². The van der Waals surface area contributed by atoms with Crippen molar-refractivity contribution in [2.24, 2.45) is 0 Å². The van der Waals surface area contributed by atoms with Crippen LogP contribution in [0, 0.1) is 11.3 Å². The molecule has 0 atom stereocenters. The Bertz CT molecular complexity index is 2960. The van der Waals surface area contributed by atoms with E-state index in [9.17, 15) is 5.26 Å². The van der Waals surface area contributed by atoms with Gasteiger partial charge < -0.3 is 10.6 Å². The number of benzene rings is 4. The van der Waals surface area contributed by atoms with Gasteiger partial charge in [-0.2, -0.15) is 5.26 Å². The summed E-state index contributed by atoms with van der Waals surface area (Å²) in [5.74, 6) is 2.02. The van der Waals surface area contributed by atoms with Gasteiger partial charge in [0.25, 0.3) is 0 Å². The van der Waals surface area contributed by atoms with Gasteiger partial charge in [-0.1, -0.05) is 97.1 Å². The van der Waals surface area contributed by atoms with Crippen molar-refractivity contribution in [2.45, 2.75) is 31.3 Å². The van der Waals surface area contributed by atoms with Gasteiger partial charge in [0, 0.05) is 30.4 Å². The molecule has 10 rings (SSSR count). The maximum absolute atomic E-state index is 9.65. The van der Waals surface area contributed by atoms with Crippen LogP contribution in [0.4, 0.5) is 11.6 Å². The molecule has 0 amide bonds. The van der Waals surface area contributed by atoms with E-state index in [0.717, 1.165) is 85.2 Å². The molecule has 4 aromatic carbocycles. The number of nitriles is 1. The first-order valence-electron chi connectivity index (χ1n) is 19.6. The second-order valence-electron chi connectivity index (χ2n) is 14.4. The van der Waals surface area contributed by atoms with Crippen molar-refractivity contribution in [3.05, 3.63) is 187 Å². The van der Waals surface area contributed by atoms with Crippen LogP contribution in [-0.4, -0.2) is 34.9 Å². The van der Waals surface area contributed by atoms with Crippen molar-refractivity contribution in [1.29, 1.82) is 5.26 Å². The topological polar surface area (TPSA) is 138 Å². The molecule has 5 aromatic heterocycles. The van der Waals surface area contributed by atoms with Gasteiger partial charge in [-0.3, -0.25) is 15.0 Å². The highest BCUT2D eigenvalue weighted by Crippen LogP contribution is 2.48. The molecule has 1 aliphatic rings. The first kappa shape index (κ1) is 37.9. The molecule has 11 heteroatoms. The Labute approximate surface area is 352 Å². The molecule has 5 heterocycles. The molecule has 0 bridgehead atoms. The molecule has 60 heavy (non-hydrogen) atoms. The lowest BCUT2D eigenvalue weighted by Gasteiger charge is -2.15. The van der Waals surface area contributed by atoms with E-state index in [4.69, 9.17) is 21.6 Å². The van der Waals surface area contributed by atoms with E-state index in [0.29, 0.717) is 24.7 Å². The molecular formula is C49H37ClN10. The minimum Gasteiger partial charge on any atom is -0.364 e. The Morgan fingerprint density at radius 3 is 1.65 bits per heavy atom. The molecule has 0 aliphatic heterocycles. The lowest BCUT2D eigenvalue weighted by Crippen LogP contribution is -2.07.